The van der Waals surface area contributed by atoms with Crippen LogP contribution in [-0.4, -0.2) is 31.9 Å². The van der Waals surface area contributed by atoms with E-state index in [1.54, 1.807) is 0 Å². The average Bonchev–Trinajstić information content (AvgIpc) is 2.88. The molecule has 19 heavy (non-hydrogen) atoms. The second-order valence-corrected chi connectivity index (χ2v) is 6.63. The van der Waals surface area contributed by atoms with Gasteiger partial charge in [-0.05, 0) is 51.1 Å². The summed E-state index contributed by atoms with van der Waals surface area (Å²) in [5.41, 5.74) is 0.360. The van der Waals surface area contributed by atoms with Crippen molar-refractivity contribution in [3.05, 3.63) is 11.8 Å². The van der Waals surface area contributed by atoms with Crippen LogP contribution < -0.4 is 5.32 Å². The van der Waals surface area contributed by atoms with E-state index in [2.05, 4.69) is 32.2 Å². The van der Waals surface area contributed by atoms with Gasteiger partial charge in [0.15, 0.2) is 0 Å². The van der Waals surface area contributed by atoms with Gasteiger partial charge in [-0.2, -0.15) is 0 Å². The number of nitrogens with one attached hydrogen (secondary N) is 1. The Morgan fingerprint density at radius 1 is 1.32 bits per heavy atom. The molecule has 2 rings (SSSR count). The second kappa shape index (κ2) is 5.84. The van der Waals surface area contributed by atoms with Gasteiger partial charge in [0.05, 0.1) is 18.2 Å². The van der Waals surface area contributed by atoms with Gasteiger partial charge in [-0.25, -0.2) is 0 Å². The highest BCUT2D eigenvalue weighted by atomic mass is 16.5. The third kappa shape index (κ3) is 3.14. The van der Waals surface area contributed by atoms with E-state index in [0.29, 0.717) is 5.41 Å². The maximum Gasteiger partial charge on any atom is 0.112 e. The molecule has 110 valence electrons. The molecule has 1 aliphatic heterocycles. The van der Waals surface area contributed by atoms with Crippen molar-refractivity contribution in [1.82, 2.24) is 5.32 Å². The zero-order valence-electron chi connectivity index (χ0n) is 12.9. The van der Waals surface area contributed by atoms with Gasteiger partial charge in [0.1, 0.15) is 5.76 Å². The second-order valence-electron chi connectivity index (χ2n) is 6.63. The minimum atomic E-state index is -0.0881. The molecule has 1 atom stereocenters. The summed E-state index contributed by atoms with van der Waals surface area (Å²) in [7, 11) is 2.02. The van der Waals surface area contributed by atoms with E-state index >= 15 is 0 Å². The molecule has 3 nitrogen and oxygen atoms in total. The zero-order chi connectivity index (χ0) is 13.9. The fraction of sp³-hybridized carbons (Fsp3) is 0.875. The molecule has 2 aliphatic rings. The summed E-state index contributed by atoms with van der Waals surface area (Å²) >= 11 is 0. The lowest BCUT2D eigenvalue weighted by atomic mass is 9.68. The number of ether oxygens (including phenoxy) is 2. The first-order valence-electron chi connectivity index (χ1n) is 7.67. The monoisotopic (exact) mass is 267 g/mol. The quantitative estimate of drug-likeness (QED) is 0.829. The summed E-state index contributed by atoms with van der Waals surface area (Å²) in [5, 5.41) is 3.45. The third-order valence-corrected chi connectivity index (χ3v) is 4.71. The van der Waals surface area contributed by atoms with Crippen LogP contribution in [0.1, 0.15) is 52.9 Å². The fourth-order valence-corrected chi connectivity index (χ4v) is 3.46. The Hall–Kier alpha value is -0.540. The topological polar surface area (TPSA) is 30.5 Å². The van der Waals surface area contributed by atoms with Gasteiger partial charge in [-0.1, -0.05) is 13.8 Å². The lowest BCUT2D eigenvalue weighted by Crippen LogP contribution is -2.55. The first kappa shape index (κ1) is 14.9. The van der Waals surface area contributed by atoms with Crippen molar-refractivity contribution in [2.75, 3.05) is 20.3 Å². The molecule has 0 aromatic heterocycles. The van der Waals surface area contributed by atoms with Crippen molar-refractivity contribution < 1.29 is 9.47 Å². The molecule has 3 heteroatoms. The third-order valence-electron chi connectivity index (χ3n) is 4.71. The molecular formula is C16H29NO2. The van der Waals surface area contributed by atoms with Crippen molar-refractivity contribution in [2.45, 2.75) is 64.5 Å². The first-order valence-corrected chi connectivity index (χ1v) is 7.67. The van der Waals surface area contributed by atoms with E-state index in [1.165, 1.54) is 12.8 Å². The molecule has 0 amide bonds. The number of rotatable bonds is 5. The van der Waals surface area contributed by atoms with E-state index in [0.717, 1.165) is 38.2 Å². The van der Waals surface area contributed by atoms with Gasteiger partial charge < -0.3 is 14.8 Å². The van der Waals surface area contributed by atoms with E-state index in [-0.39, 0.29) is 11.6 Å². The lowest BCUT2D eigenvalue weighted by Gasteiger charge is -2.47. The van der Waals surface area contributed by atoms with Crippen LogP contribution in [-0.2, 0) is 9.47 Å². The van der Waals surface area contributed by atoms with Crippen LogP contribution in [0.25, 0.3) is 0 Å². The van der Waals surface area contributed by atoms with Gasteiger partial charge in [0.25, 0.3) is 0 Å². The van der Waals surface area contributed by atoms with E-state index in [4.69, 9.17) is 9.47 Å². The average molecular weight is 267 g/mol. The van der Waals surface area contributed by atoms with E-state index in [9.17, 15) is 0 Å². The van der Waals surface area contributed by atoms with Crippen molar-refractivity contribution in [1.29, 1.82) is 0 Å². The minimum Gasteiger partial charge on any atom is -0.496 e. The summed E-state index contributed by atoms with van der Waals surface area (Å²) in [6.07, 6.45) is 7.92. The molecule has 1 aliphatic carbocycles. The van der Waals surface area contributed by atoms with Gasteiger partial charge in [0.2, 0.25) is 0 Å². The molecule has 1 saturated carbocycles. The van der Waals surface area contributed by atoms with Gasteiger partial charge in [-0.3, -0.25) is 0 Å². The molecule has 1 N–H and O–H groups in total. The highest BCUT2D eigenvalue weighted by Gasteiger charge is 2.46. The Labute approximate surface area is 117 Å². The molecule has 0 aromatic carbocycles. The van der Waals surface area contributed by atoms with E-state index < -0.39 is 0 Å². The molecule has 0 bridgehead atoms. The van der Waals surface area contributed by atoms with Gasteiger partial charge >= 0.3 is 0 Å². The van der Waals surface area contributed by atoms with Crippen molar-refractivity contribution in [3.63, 3.8) is 0 Å². The zero-order valence-corrected chi connectivity index (χ0v) is 12.9. The predicted octanol–water partition coefficient (Wildman–Crippen LogP) is 3.25. The molecule has 0 aromatic rings. The SMILES string of the molecule is CCOC1(C(NC)C2=CCCO2)CCC(C)(C)CC1. The summed E-state index contributed by atoms with van der Waals surface area (Å²) < 4.78 is 12.0. The molecular weight excluding hydrogens is 238 g/mol. The molecule has 1 unspecified atom stereocenters. The van der Waals surface area contributed by atoms with E-state index in [1.807, 2.05) is 7.05 Å². The minimum absolute atomic E-state index is 0.0881. The number of hydrogen-bond acceptors (Lipinski definition) is 3. The van der Waals surface area contributed by atoms with Crippen LogP contribution in [0.15, 0.2) is 11.8 Å². The Balaban J connectivity index is 2.18. The first-order chi connectivity index (χ1) is 9.03. The largest absolute Gasteiger partial charge is 0.496 e. The molecule has 0 spiro atoms. The summed E-state index contributed by atoms with van der Waals surface area (Å²) in [4.78, 5) is 0. The molecule has 0 radical (unpaired) electrons. The normalized spacial score (nSPS) is 26.6. The Morgan fingerprint density at radius 3 is 2.47 bits per heavy atom. The van der Waals surface area contributed by atoms with Crippen molar-refractivity contribution in [2.24, 2.45) is 5.41 Å². The van der Waals surface area contributed by atoms with Crippen LogP contribution >= 0.6 is 0 Å². The Bertz CT molecular complexity index is 326. The van der Waals surface area contributed by atoms with Crippen molar-refractivity contribution in [3.8, 4) is 0 Å². The summed E-state index contributed by atoms with van der Waals surface area (Å²) in [6.45, 7) is 8.41. The maximum atomic E-state index is 6.25. The van der Waals surface area contributed by atoms with Crippen LogP contribution in [0.5, 0.6) is 0 Å². The molecule has 1 heterocycles. The highest BCUT2D eigenvalue weighted by Crippen LogP contribution is 2.45. The van der Waals surface area contributed by atoms with Gasteiger partial charge in [-0.15, -0.1) is 0 Å². The van der Waals surface area contributed by atoms with Gasteiger partial charge in [0, 0.05) is 13.0 Å². The predicted molar refractivity (Wildman–Crippen MR) is 78.1 cm³/mol. The number of likely N-dealkylation sites (N-methyl/N-ethyl adjacent to an activating group) is 1. The molecule has 1 fully saturated rings. The fourth-order valence-electron chi connectivity index (χ4n) is 3.46. The molecule has 0 saturated heterocycles. The Morgan fingerprint density at radius 2 is 2.00 bits per heavy atom. The Kier molecular flexibility index (Phi) is 4.57. The lowest BCUT2D eigenvalue weighted by molar-refractivity contribution is -0.105. The van der Waals surface area contributed by atoms with Crippen LogP contribution in [0.2, 0.25) is 0 Å². The summed E-state index contributed by atoms with van der Waals surface area (Å²) in [6, 6.07) is 0.200. The highest BCUT2D eigenvalue weighted by molar-refractivity contribution is 5.16. The number of hydrogen-bond donors (Lipinski definition) is 1. The maximum absolute atomic E-state index is 6.25. The van der Waals surface area contributed by atoms with Crippen LogP contribution in [0.4, 0.5) is 0 Å². The van der Waals surface area contributed by atoms with Crippen molar-refractivity contribution >= 4 is 0 Å². The smallest absolute Gasteiger partial charge is 0.112 e. The standard InChI is InChI=1S/C16H29NO2/c1-5-19-16(10-8-15(2,3)9-11-16)14(17-4)13-7-6-12-18-13/h7,14,17H,5-6,8-12H2,1-4H3. The van der Waals surface area contributed by atoms with Crippen LogP contribution in [0.3, 0.4) is 0 Å². The van der Waals surface area contributed by atoms with Crippen LogP contribution in [0, 0.1) is 5.41 Å². The summed E-state index contributed by atoms with van der Waals surface area (Å²) in [5.74, 6) is 1.09.